The number of carbonyl (C=O) groups excluding carboxylic acids is 1. The second-order valence-electron chi connectivity index (χ2n) is 4.46. The highest BCUT2D eigenvalue weighted by Crippen LogP contribution is 2.21. The lowest BCUT2D eigenvalue weighted by atomic mass is 10.2. The molecule has 2 rings (SSSR count). The molecule has 6 heteroatoms. The van der Waals surface area contributed by atoms with Gasteiger partial charge in [-0.2, -0.15) is 0 Å². The number of anilines is 2. The maximum absolute atomic E-state index is 12.3. The summed E-state index contributed by atoms with van der Waals surface area (Å²) in [4.78, 5) is 14.3. The minimum absolute atomic E-state index is 0.0660. The van der Waals surface area contributed by atoms with E-state index in [2.05, 4.69) is 15.9 Å². The minimum Gasteiger partial charge on any atom is -0.399 e. The van der Waals surface area contributed by atoms with Crippen LogP contribution in [0, 0.1) is 0 Å². The van der Waals surface area contributed by atoms with Crippen LogP contribution in [0.5, 0.6) is 0 Å². The highest BCUT2D eigenvalue weighted by atomic mass is 79.9. The van der Waals surface area contributed by atoms with E-state index in [4.69, 9.17) is 5.73 Å². The predicted molar refractivity (Wildman–Crippen MR) is 89.7 cm³/mol. The first kappa shape index (κ1) is 15.7. The molecule has 0 bridgehead atoms. The van der Waals surface area contributed by atoms with Gasteiger partial charge in [-0.05, 0) is 52.3 Å². The number of hydrogen-bond donors (Lipinski definition) is 1. The summed E-state index contributed by atoms with van der Waals surface area (Å²) in [5, 5.41) is 0. The number of benzene rings is 2. The molecule has 0 fully saturated rings. The molecular weight excluding hydrogens is 352 g/mol. The van der Waals surface area contributed by atoms with E-state index in [0.29, 0.717) is 10.6 Å². The van der Waals surface area contributed by atoms with Crippen LogP contribution in [0.25, 0.3) is 0 Å². The standard InChI is InChI=1S/C15H15BrN2O2S/c1-18(12-8-6-11(17)7-9-12)15(19)10-21(20)14-5-3-2-4-13(14)16/h2-9H,10,17H2,1H3. The van der Waals surface area contributed by atoms with Crippen molar-refractivity contribution in [3.8, 4) is 0 Å². The second kappa shape index (κ2) is 6.87. The third-order valence-electron chi connectivity index (χ3n) is 2.99. The van der Waals surface area contributed by atoms with Gasteiger partial charge in [0.2, 0.25) is 5.91 Å². The van der Waals surface area contributed by atoms with Gasteiger partial charge in [-0.25, -0.2) is 0 Å². The van der Waals surface area contributed by atoms with Crippen LogP contribution in [0.4, 0.5) is 11.4 Å². The molecule has 2 N–H and O–H groups in total. The van der Waals surface area contributed by atoms with E-state index in [1.165, 1.54) is 4.90 Å². The summed E-state index contributed by atoms with van der Waals surface area (Å²) in [6, 6.07) is 14.2. The van der Waals surface area contributed by atoms with Crippen molar-refractivity contribution in [2.75, 3.05) is 23.4 Å². The maximum atomic E-state index is 12.3. The minimum atomic E-state index is -1.39. The number of nitrogens with zero attached hydrogens (tertiary/aromatic N) is 1. The molecule has 110 valence electrons. The van der Waals surface area contributed by atoms with E-state index in [-0.39, 0.29) is 11.7 Å². The topological polar surface area (TPSA) is 63.4 Å². The Morgan fingerprint density at radius 3 is 2.43 bits per heavy atom. The molecule has 0 saturated heterocycles. The fraction of sp³-hybridized carbons (Fsp3) is 0.133. The largest absolute Gasteiger partial charge is 0.399 e. The summed E-state index contributed by atoms with van der Waals surface area (Å²) in [6.07, 6.45) is 0. The van der Waals surface area contributed by atoms with Crippen LogP contribution in [-0.2, 0) is 15.6 Å². The Balaban J connectivity index is 2.09. The van der Waals surface area contributed by atoms with Crippen molar-refractivity contribution in [2.45, 2.75) is 4.90 Å². The Hall–Kier alpha value is -1.66. The SMILES string of the molecule is CN(C(=O)CS(=O)c1ccccc1Br)c1ccc(N)cc1. The molecule has 0 spiro atoms. The van der Waals surface area contributed by atoms with Gasteiger partial charge < -0.3 is 10.6 Å². The fourth-order valence-electron chi connectivity index (χ4n) is 1.76. The van der Waals surface area contributed by atoms with E-state index < -0.39 is 10.8 Å². The number of amides is 1. The second-order valence-corrected chi connectivity index (χ2v) is 6.74. The van der Waals surface area contributed by atoms with Gasteiger partial charge >= 0.3 is 0 Å². The highest BCUT2D eigenvalue weighted by molar-refractivity contribution is 9.10. The van der Waals surface area contributed by atoms with Gasteiger partial charge in [0.1, 0.15) is 5.75 Å². The van der Waals surface area contributed by atoms with E-state index in [0.717, 1.165) is 10.2 Å². The van der Waals surface area contributed by atoms with E-state index in [1.54, 1.807) is 49.5 Å². The molecule has 0 radical (unpaired) electrons. The molecule has 0 saturated carbocycles. The van der Waals surface area contributed by atoms with Crippen molar-refractivity contribution < 1.29 is 9.00 Å². The van der Waals surface area contributed by atoms with Crippen molar-refractivity contribution in [1.82, 2.24) is 0 Å². The van der Waals surface area contributed by atoms with Crippen molar-refractivity contribution >= 4 is 44.0 Å². The van der Waals surface area contributed by atoms with Crippen molar-refractivity contribution in [2.24, 2.45) is 0 Å². The number of halogens is 1. The molecule has 0 aliphatic heterocycles. The Bertz CT molecular complexity index is 674. The molecule has 2 aromatic carbocycles. The van der Waals surface area contributed by atoms with Crippen molar-refractivity contribution in [3.63, 3.8) is 0 Å². The molecule has 0 heterocycles. The van der Waals surface area contributed by atoms with E-state index in [1.807, 2.05) is 6.07 Å². The van der Waals surface area contributed by atoms with E-state index >= 15 is 0 Å². The van der Waals surface area contributed by atoms with Crippen LogP contribution in [-0.4, -0.2) is 22.9 Å². The van der Waals surface area contributed by atoms with Gasteiger partial charge in [-0.15, -0.1) is 0 Å². The Labute approximate surface area is 134 Å². The van der Waals surface area contributed by atoms with Crippen LogP contribution >= 0.6 is 15.9 Å². The number of rotatable bonds is 4. The van der Waals surface area contributed by atoms with Gasteiger partial charge in [-0.3, -0.25) is 9.00 Å². The quantitative estimate of drug-likeness (QED) is 0.846. The van der Waals surface area contributed by atoms with Crippen LogP contribution < -0.4 is 10.6 Å². The molecule has 0 aliphatic rings. The first-order valence-corrected chi connectivity index (χ1v) is 8.35. The Kier molecular flexibility index (Phi) is 5.14. The maximum Gasteiger partial charge on any atom is 0.239 e. The zero-order valence-corrected chi connectivity index (χ0v) is 13.9. The fourth-order valence-corrected chi connectivity index (χ4v) is 3.67. The lowest BCUT2D eigenvalue weighted by molar-refractivity contribution is -0.115. The first-order valence-electron chi connectivity index (χ1n) is 6.24. The van der Waals surface area contributed by atoms with Crippen LogP contribution in [0.3, 0.4) is 0 Å². The molecule has 21 heavy (non-hydrogen) atoms. The van der Waals surface area contributed by atoms with Gasteiger partial charge in [-0.1, -0.05) is 12.1 Å². The van der Waals surface area contributed by atoms with Crippen molar-refractivity contribution in [3.05, 3.63) is 53.0 Å². The zero-order chi connectivity index (χ0) is 15.4. The van der Waals surface area contributed by atoms with E-state index in [9.17, 15) is 9.00 Å². The highest BCUT2D eigenvalue weighted by Gasteiger charge is 2.17. The third-order valence-corrected chi connectivity index (χ3v) is 5.30. The lowest BCUT2D eigenvalue weighted by Crippen LogP contribution is -2.30. The summed E-state index contributed by atoms with van der Waals surface area (Å²) in [7, 11) is 0.271. The third kappa shape index (κ3) is 3.92. The molecule has 2 aromatic rings. The molecule has 0 aliphatic carbocycles. The number of nitrogen functional groups attached to an aromatic ring is 1. The summed E-state index contributed by atoms with van der Waals surface area (Å²) in [5.41, 5.74) is 6.98. The molecular formula is C15H15BrN2O2S. The summed E-state index contributed by atoms with van der Waals surface area (Å²) >= 11 is 3.34. The summed E-state index contributed by atoms with van der Waals surface area (Å²) in [5.74, 6) is -0.280. The number of carbonyl (C=O) groups is 1. The molecule has 1 atom stereocenters. The van der Waals surface area contributed by atoms with Gasteiger partial charge in [0.15, 0.2) is 0 Å². The van der Waals surface area contributed by atoms with Crippen LogP contribution in [0.15, 0.2) is 57.9 Å². The van der Waals surface area contributed by atoms with Gasteiger partial charge in [0.25, 0.3) is 0 Å². The van der Waals surface area contributed by atoms with Crippen LogP contribution in [0.1, 0.15) is 0 Å². The normalized spacial score (nSPS) is 11.9. The number of hydrogen-bond acceptors (Lipinski definition) is 3. The summed E-state index contributed by atoms with van der Waals surface area (Å²) < 4.78 is 13.0. The van der Waals surface area contributed by atoms with Gasteiger partial charge in [0, 0.05) is 22.9 Å². The number of nitrogens with two attached hydrogens (primary N) is 1. The van der Waals surface area contributed by atoms with Crippen molar-refractivity contribution in [1.29, 1.82) is 0 Å². The average molecular weight is 367 g/mol. The molecule has 0 aromatic heterocycles. The van der Waals surface area contributed by atoms with Crippen LogP contribution in [0.2, 0.25) is 0 Å². The zero-order valence-electron chi connectivity index (χ0n) is 11.5. The summed E-state index contributed by atoms with van der Waals surface area (Å²) in [6.45, 7) is 0. The van der Waals surface area contributed by atoms with Gasteiger partial charge in [0.05, 0.1) is 15.7 Å². The monoisotopic (exact) mass is 366 g/mol. The average Bonchev–Trinajstić information content (AvgIpc) is 2.47. The first-order chi connectivity index (χ1) is 9.99. The molecule has 1 unspecified atom stereocenters. The Morgan fingerprint density at radius 2 is 1.81 bits per heavy atom. The Morgan fingerprint density at radius 1 is 1.19 bits per heavy atom. The molecule has 1 amide bonds. The molecule has 4 nitrogen and oxygen atoms in total. The smallest absolute Gasteiger partial charge is 0.239 e. The lowest BCUT2D eigenvalue weighted by Gasteiger charge is -2.17. The predicted octanol–water partition coefficient (Wildman–Crippen LogP) is 2.80.